The lowest BCUT2D eigenvalue weighted by atomic mass is 10.1. The average Bonchev–Trinajstić information content (AvgIpc) is 2.68. The third kappa shape index (κ3) is 7.26. The second kappa shape index (κ2) is 12.1. The first-order valence-electron chi connectivity index (χ1n) is 8.66. The number of aliphatic imine (C=N–C) groups is 1. The number of hydrogen-bond donors (Lipinski definition) is 3. The summed E-state index contributed by atoms with van der Waals surface area (Å²) in [4.78, 5) is 15.5. The Hall–Kier alpha value is -2.49. The van der Waals surface area contributed by atoms with Gasteiger partial charge in [-0.15, -0.1) is 24.0 Å². The number of carbonyl (C=O) groups is 1. The maximum Gasteiger partial charge on any atom is 0.248 e. The maximum atomic E-state index is 11.3. The van der Waals surface area contributed by atoms with Crippen molar-refractivity contribution in [3.8, 4) is 11.5 Å². The van der Waals surface area contributed by atoms with Crippen LogP contribution in [0, 0.1) is 0 Å². The van der Waals surface area contributed by atoms with Gasteiger partial charge in [0, 0.05) is 19.2 Å². The number of hydrogen-bond acceptors (Lipinski definition) is 4. The second-order valence-corrected chi connectivity index (χ2v) is 5.95. The van der Waals surface area contributed by atoms with E-state index in [-0.39, 0.29) is 30.1 Å². The predicted molar refractivity (Wildman–Crippen MR) is 122 cm³/mol. The van der Waals surface area contributed by atoms with Gasteiger partial charge in [-0.2, -0.15) is 0 Å². The molecule has 0 heterocycles. The zero-order valence-corrected chi connectivity index (χ0v) is 18.6. The van der Waals surface area contributed by atoms with Crippen molar-refractivity contribution in [2.75, 3.05) is 20.7 Å². The molecule has 0 saturated carbocycles. The number of nitrogens with zero attached hydrogens (tertiary/aromatic N) is 1. The monoisotopic (exact) mass is 498 g/mol. The molecule has 0 radical (unpaired) electrons. The largest absolute Gasteiger partial charge is 0.493 e. The number of benzene rings is 2. The van der Waals surface area contributed by atoms with E-state index in [9.17, 15) is 4.79 Å². The van der Waals surface area contributed by atoms with Gasteiger partial charge in [0.05, 0.1) is 13.7 Å². The fourth-order valence-electron chi connectivity index (χ4n) is 2.46. The van der Waals surface area contributed by atoms with Crippen molar-refractivity contribution in [3.05, 3.63) is 59.7 Å². The van der Waals surface area contributed by atoms with Crippen molar-refractivity contribution < 1.29 is 14.3 Å². The summed E-state index contributed by atoms with van der Waals surface area (Å²) in [5, 5.41) is 6.42. The van der Waals surface area contributed by atoms with E-state index in [0.717, 1.165) is 5.56 Å². The SMILES string of the molecule is CN=C(NCc1cccc(C(N)=O)c1)NCC(C)Oc1ccccc1OC.I. The molecule has 7 nitrogen and oxygen atoms in total. The van der Waals surface area contributed by atoms with Gasteiger partial charge in [-0.05, 0) is 36.8 Å². The van der Waals surface area contributed by atoms with Gasteiger partial charge in [-0.25, -0.2) is 0 Å². The molecule has 0 fully saturated rings. The van der Waals surface area contributed by atoms with E-state index in [1.165, 1.54) is 0 Å². The fraction of sp³-hybridized carbons (Fsp3) is 0.300. The number of primary amides is 1. The fourth-order valence-corrected chi connectivity index (χ4v) is 2.46. The van der Waals surface area contributed by atoms with Crippen LogP contribution in [-0.2, 0) is 6.54 Å². The Morgan fingerprint density at radius 3 is 2.50 bits per heavy atom. The van der Waals surface area contributed by atoms with Crippen LogP contribution in [0.3, 0.4) is 0 Å². The summed E-state index contributed by atoms with van der Waals surface area (Å²) in [6.07, 6.45) is -0.0990. The van der Waals surface area contributed by atoms with E-state index in [4.69, 9.17) is 15.2 Å². The zero-order chi connectivity index (χ0) is 19.6. The van der Waals surface area contributed by atoms with Gasteiger partial charge < -0.3 is 25.8 Å². The molecule has 0 aromatic heterocycles. The standard InChI is InChI=1S/C20H26N4O3.HI/c1-14(27-18-10-5-4-9-17(18)26-3)12-23-20(22-2)24-13-15-7-6-8-16(11-15)19(21)25;/h4-11,14H,12-13H2,1-3H3,(H2,21,25)(H2,22,23,24);1H. The molecule has 152 valence electrons. The summed E-state index contributed by atoms with van der Waals surface area (Å²) in [6, 6.07) is 14.7. The van der Waals surface area contributed by atoms with Crippen LogP contribution in [0.25, 0.3) is 0 Å². The number of ether oxygens (including phenoxy) is 2. The molecule has 0 aliphatic carbocycles. The molecule has 4 N–H and O–H groups in total. The minimum absolute atomic E-state index is 0. The molecule has 0 bridgehead atoms. The van der Waals surface area contributed by atoms with Crippen molar-refractivity contribution in [2.24, 2.45) is 10.7 Å². The number of methoxy groups -OCH3 is 1. The van der Waals surface area contributed by atoms with E-state index in [1.807, 2.05) is 37.3 Å². The van der Waals surface area contributed by atoms with Crippen LogP contribution in [0.5, 0.6) is 11.5 Å². The lowest BCUT2D eigenvalue weighted by molar-refractivity contribution is 0.1000. The number of nitrogens with one attached hydrogen (secondary N) is 2. The van der Waals surface area contributed by atoms with Gasteiger partial charge in [-0.3, -0.25) is 9.79 Å². The molecule has 0 aliphatic rings. The summed E-state index contributed by atoms with van der Waals surface area (Å²) in [7, 11) is 3.31. The number of rotatable bonds is 8. The third-order valence-corrected chi connectivity index (χ3v) is 3.85. The van der Waals surface area contributed by atoms with Gasteiger partial charge in [0.2, 0.25) is 5.91 Å². The highest BCUT2D eigenvalue weighted by atomic mass is 127. The average molecular weight is 498 g/mol. The molecule has 0 saturated heterocycles. The normalized spacial score (nSPS) is 11.8. The van der Waals surface area contributed by atoms with Crippen LogP contribution in [0.2, 0.25) is 0 Å². The number of amides is 1. The highest BCUT2D eigenvalue weighted by Gasteiger charge is 2.09. The van der Waals surface area contributed by atoms with Gasteiger partial charge in [0.15, 0.2) is 17.5 Å². The molecular formula is C20H27IN4O3. The summed E-state index contributed by atoms with van der Waals surface area (Å²) in [6.45, 7) is 3.03. The van der Waals surface area contributed by atoms with E-state index < -0.39 is 5.91 Å². The molecule has 1 atom stereocenters. The van der Waals surface area contributed by atoms with Gasteiger partial charge >= 0.3 is 0 Å². The highest BCUT2D eigenvalue weighted by Crippen LogP contribution is 2.26. The molecule has 8 heteroatoms. The van der Waals surface area contributed by atoms with Crippen LogP contribution in [0.15, 0.2) is 53.5 Å². The Morgan fingerprint density at radius 1 is 1.14 bits per heavy atom. The Balaban J connectivity index is 0.00000392. The van der Waals surface area contributed by atoms with Crippen LogP contribution in [-0.4, -0.2) is 38.7 Å². The number of para-hydroxylation sites is 2. The van der Waals surface area contributed by atoms with Crippen molar-refractivity contribution in [2.45, 2.75) is 19.6 Å². The molecule has 0 spiro atoms. The lowest BCUT2D eigenvalue weighted by Crippen LogP contribution is -2.41. The Labute approximate surface area is 182 Å². The Bertz CT molecular complexity index is 799. The zero-order valence-electron chi connectivity index (χ0n) is 16.3. The first kappa shape index (κ1) is 23.5. The van der Waals surface area contributed by atoms with E-state index in [1.54, 1.807) is 32.4 Å². The smallest absolute Gasteiger partial charge is 0.248 e. The number of halogens is 1. The molecule has 28 heavy (non-hydrogen) atoms. The molecule has 1 amide bonds. The van der Waals surface area contributed by atoms with E-state index in [0.29, 0.717) is 36.1 Å². The van der Waals surface area contributed by atoms with Crippen molar-refractivity contribution in [1.82, 2.24) is 10.6 Å². The maximum absolute atomic E-state index is 11.3. The number of guanidine groups is 1. The molecule has 2 aromatic carbocycles. The Morgan fingerprint density at radius 2 is 1.86 bits per heavy atom. The summed E-state index contributed by atoms with van der Waals surface area (Å²) in [5.41, 5.74) is 6.73. The van der Waals surface area contributed by atoms with Crippen molar-refractivity contribution in [1.29, 1.82) is 0 Å². The van der Waals surface area contributed by atoms with E-state index >= 15 is 0 Å². The summed E-state index contributed by atoms with van der Waals surface area (Å²) < 4.78 is 11.2. The molecule has 2 aromatic rings. The molecule has 0 aliphatic heterocycles. The van der Waals surface area contributed by atoms with Crippen LogP contribution in [0.1, 0.15) is 22.8 Å². The van der Waals surface area contributed by atoms with Gasteiger partial charge in [0.1, 0.15) is 6.10 Å². The van der Waals surface area contributed by atoms with Crippen molar-refractivity contribution >= 4 is 35.8 Å². The number of carbonyl (C=O) groups excluding carboxylic acids is 1. The quantitative estimate of drug-likeness (QED) is 0.295. The third-order valence-electron chi connectivity index (χ3n) is 3.85. The van der Waals surface area contributed by atoms with Crippen molar-refractivity contribution in [3.63, 3.8) is 0 Å². The highest BCUT2D eigenvalue weighted by molar-refractivity contribution is 14.0. The van der Waals surface area contributed by atoms with Gasteiger partial charge in [0.25, 0.3) is 0 Å². The minimum atomic E-state index is -0.443. The van der Waals surface area contributed by atoms with Crippen LogP contribution < -0.4 is 25.8 Å². The number of nitrogens with two attached hydrogens (primary N) is 1. The molecule has 2 rings (SSSR count). The topological polar surface area (TPSA) is 98.0 Å². The minimum Gasteiger partial charge on any atom is -0.493 e. The molecule has 1 unspecified atom stereocenters. The van der Waals surface area contributed by atoms with Gasteiger partial charge in [-0.1, -0.05) is 24.3 Å². The first-order valence-corrected chi connectivity index (χ1v) is 8.66. The first-order chi connectivity index (χ1) is 13.0. The predicted octanol–water partition coefficient (Wildman–Crippen LogP) is 2.54. The second-order valence-electron chi connectivity index (χ2n) is 5.95. The van der Waals surface area contributed by atoms with E-state index in [2.05, 4.69) is 15.6 Å². The van der Waals surface area contributed by atoms with Crippen LogP contribution >= 0.6 is 24.0 Å². The lowest BCUT2D eigenvalue weighted by Gasteiger charge is -2.19. The summed E-state index contributed by atoms with van der Waals surface area (Å²) >= 11 is 0. The molecular weight excluding hydrogens is 471 g/mol. The Kier molecular flexibility index (Phi) is 10.1. The summed E-state index contributed by atoms with van der Waals surface area (Å²) in [5.74, 6) is 1.58. The van der Waals surface area contributed by atoms with Crippen LogP contribution in [0.4, 0.5) is 0 Å².